The first-order chi connectivity index (χ1) is 10.5. The lowest BCUT2D eigenvalue weighted by atomic mass is 10.1. The highest BCUT2D eigenvalue weighted by atomic mass is 35.5. The number of aryl methyl sites for hydroxylation is 1. The average Bonchev–Trinajstić information content (AvgIpc) is 2.83. The van der Waals surface area contributed by atoms with Crippen LogP contribution in [0.5, 0.6) is 0 Å². The molecule has 9 heteroatoms. The number of anilines is 1. The number of amides is 1. The van der Waals surface area contributed by atoms with E-state index in [4.69, 9.17) is 15.9 Å². The van der Waals surface area contributed by atoms with Crippen LogP contribution >= 0.6 is 12.4 Å². The van der Waals surface area contributed by atoms with E-state index in [1.807, 2.05) is 0 Å². The van der Waals surface area contributed by atoms with E-state index in [1.165, 1.54) is 0 Å². The molecule has 0 fully saturated rings. The van der Waals surface area contributed by atoms with Gasteiger partial charge in [0.2, 0.25) is 0 Å². The second-order valence-electron chi connectivity index (χ2n) is 4.63. The maximum atomic E-state index is 11.5. The van der Waals surface area contributed by atoms with Gasteiger partial charge in [0.25, 0.3) is 11.6 Å². The van der Waals surface area contributed by atoms with Gasteiger partial charge in [-0.2, -0.15) is 0 Å². The highest BCUT2D eigenvalue weighted by Crippen LogP contribution is 2.37. The number of primary amides is 1. The summed E-state index contributed by atoms with van der Waals surface area (Å²) in [6.45, 7) is 2.42. The number of nitrogens with zero attached hydrogens (tertiary/aromatic N) is 1. The predicted octanol–water partition coefficient (Wildman–Crippen LogP) is 2.10. The molecule has 0 saturated carbocycles. The van der Waals surface area contributed by atoms with Crippen molar-refractivity contribution in [2.75, 3.05) is 18.4 Å². The molecule has 0 aliphatic heterocycles. The molecule has 0 saturated heterocycles. The predicted molar refractivity (Wildman–Crippen MR) is 90.1 cm³/mol. The Morgan fingerprint density at radius 3 is 2.70 bits per heavy atom. The van der Waals surface area contributed by atoms with E-state index in [2.05, 4.69) is 5.32 Å². The zero-order chi connectivity index (χ0) is 16.3. The van der Waals surface area contributed by atoms with Crippen molar-refractivity contribution in [1.82, 2.24) is 0 Å². The quantitative estimate of drug-likeness (QED) is 0.418. The van der Waals surface area contributed by atoms with E-state index in [0.29, 0.717) is 24.2 Å². The van der Waals surface area contributed by atoms with E-state index in [1.54, 1.807) is 25.1 Å². The van der Waals surface area contributed by atoms with Crippen molar-refractivity contribution in [3.8, 4) is 0 Å². The minimum absolute atomic E-state index is 0. The maximum absolute atomic E-state index is 11.5. The molecule has 2 aromatic rings. The second kappa shape index (κ2) is 7.61. The van der Waals surface area contributed by atoms with Crippen LogP contribution in [0.1, 0.15) is 16.1 Å². The van der Waals surface area contributed by atoms with Gasteiger partial charge in [-0.25, -0.2) is 0 Å². The Kier molecular flexibility index (Phi) is 6.11. The summed E-state index contributed by atoms with van der Waals surface area (Å²) in [5.74, 6) is -0.254. The van der Waals surface area contributed by atoms with E-state index < -0.39 is 10.8 Å². The fraction of sp³-hybridized carbons (Fsp3) is 0.214. The van der Waals surface area contributed by atoms with Gasteiger partial charge in [0.1, 0.15) is 17.0 Å². The lowest BCUT2D eigenvalue weighted by Gasteiger charge is -2.08. The number of furan rings is 1. The van der Waals surface area contributed by atoms with E-state index >= 15 is 0 Å². The molecule has 23 heavy (non-hydrogen) atoms. The summed E-state index contributed by atoms with van der Waals surface area (Å²) in [4.78, 5) is 22.2. The molecule has 0 bridgehead atoms. The van der Waals surface area contributed by atoms with Crippen LogP contribution in [-0.4, -0.2) is 23.9 Å². The monoisotopic (exact) mass is 340 g/mol. The highest BCUT2D eigenvalue weighted by molar-refractivity contribution is 6.10. The maximum Gasteiger partial charge on any atom is 0.294 e. The standard InChI is InChI=1S/C14H16N4O4.ClH/c1-8-6-9-12(17-5-3-2-4-15)11(18(20)21)7-10(14(16)19)13(9)22-8;/h2-3,6-7,17H,4-5,15H2,1H3,(H2,16,19);1H. The Morgan fingerprint density at radius 2 is 2.13 bits per heavy atom. The van der Waals surface area contributed by atoms with E-state index in [0.717, 1.165) is 6.07 Å². The Hall–Kier alpha value is -2.58. The average molecular weight is 341 g/mol. The summed E-state index contributed by atoms with van der Waals surface area (Å²) in [6.07, 6.45) is 3.49. The van der Waals surface area contributed by atoms with E-state index in [9.17, 15) is 14.9 Å². The second-order valence-corrected chi connectivity index (χ2v) is 4.63. The fourth-order valence-electron chi connectivity index (χ4n) is 2.17. The molecule has 8 nitrogen and oxygen atoms in total. The molecular weight excluding hydrogens is 324 g/mol. The van der Waals surface area contributed by atoms with Gasteiger partial charge in [0.15, 0.2) is 0 Å². The largest absolute Gasteiger partial charge is 0.460 e. The van der Waals surface area contributed by atoms with Crippen LogP contribution in [0.2, 0.25) is 0 Å². The molecule has 5 N–H and O–H groups in total. The Morgan fingerprint density at radius 1 is 1.43 bits per heavy atom. The third kappa shape index (κ3) is 3.79. The minimum Gasteiger partial charge on any atom is -0.460 e. The van der Waals surface area contributed by atoms with Crippen molar-refractivity contribution in [2.24, 2.45) is 11.5 Å². The summed E-state index contributed by atoms with van der Waals surface area (Å²) in [6, 6.07) is 2.76. The third-order valence-electron chi connectivity index (χ3n) is 3.07. The molecule has 0 atom stereocenters. The molecule has 0 unspecified atom stereocenters. The molecule has 0 spiro atoms. The molecule has 1 amide bonds. The molecule has 0 aliphatic rings. The smallest absolute Gasteiger partial charge is 0.294 e. The summed E-state index contributed by atoms with van der Waals surface area (Å²) in [5, 5.41) is 14.7. The van der Waals surface area contributed by atoms with E-state index in [-0.39, 0.29) is 34.9 Å². The third-order valence-corrected chi connectivity index (χ3v) is 3.07. The number of rotatable bonds is 6. The summed E-state index contributed by atoms with van der Waals surface area (Å²) in [5.41, 5.74) is 10.9. The number of nitro benzene ring substituents is 1. The van der Waals surface area contributed by atoms with Gasteiger partial charge >= 0.3 is 0 Å². The number of nitrogens with two attached hydrogens (primary N) is 2. The van der Waals surface area contributed by atoms with Crippen LogP contribution in [0.3, 0.4) is 0 Å². The number of hydrogen-bond acceptors (Lipinski definition) is 6. The first-order valence-electron chi connectivity index (χ1n) is 6.56. The van der Waals surface area contributed by atoms with Crippen molar-refractivity contribution in [2.45, 2.75) is 6.92 Å². The van der Waals surface area contributed by atoms with Crippen LogP contribution < -0.4 is 16.8 Å². The lowest BCUT2D eigenvalue weighted by Crippen LogP contribution is -2.13. The zero-order valence-corrected chi connectivity index (χ0v) is 13.2. The van der Waals surface area contributed by atoms with Crippen LogP contribution in [-0.2, 0) is 0 Å². The van der Waals surface area contributed by atoms with Gasteiger partial charge in [-0.1, -0.05) is 12.2 Å². The number of benzene rings is 1. The molecule has 2 rings (SSSR count). The lowest BCUT2D eigenvalue weighted by molar-refractivity contribution is -0.383. The SMILES string of the molecule is Cc1cc2c(NCC=CCN)c([N+](=O)[O-])cc(C(N)=O)c2o1.Cl. The Labute approximate surface area is 138 Å². The van der Waals surface area contributed by atoms with Gasteiger partial charge in [-0.15, -0.1) is 12.4 Å². The molecule has 0 aliphatic carbocycles. The molecule has 124 valence electrons. The normalized spacial score (nSPS) is 10.7. The van der Waals surface area contributed by atoms with Gasteiger partial charge in [-0.3, -0.25) is 14.9 Å². The number of carbonyl (C=O) groups is 1. The molecule has 0 radical (unpaired) electrons. The van der Waals surface area contributed by atoms with Crippen molar-refractivity contribution in [1.29, 1.82) is 0 Å². The number of nitro groups is 1. The van der Waals surface area contributed by atoms with Gasteiger partial charge in [-0.05, 0) is 13.0 Å². The van der Waals surface area contributed by atoms with Crippen LogP contribution in [0, 0.1) is 17.0 Å². The van der Waals surface area contributed by atoms with Gasteiger partial charge in [0, 0.05) is 19.2 Å². The van der Waals surface area contributed by atoms with Crippen molar-refractivity contribution >= 4 is 40.7 Å². The number of halogens is 1. The highest BCUT2D eigenvalue weighted by Gasteiger charge is 2.24. The van der Waals surface area contributed by atoms with Crippen molar-refractivity contribution < 1.29 is 14.1 Å². The molecule has 1 aromatic heterocycles. The number of carbonyl (C=O) groups excluding carboxylic acids is 1. The van der Waals surface area contributed by atoms with Gasteiger partial charge < -0.3 is 21.2 Å². The Bertz CT molecular complexity index is 770. The topological polar surface area (TPSA) is 137 Å². The van der Waals surface area contributed by atoms with Crippen LogP contribution in [0.4, 0.5) is 11.4 Å². The molecule has 1 heterocycles. The number of nitrogens with one attached hydrogen (secondary N) is 1. The first kappa shape index (κ1) is 18.5. The minimum atomic E-state index is -0.781. The summed E-state index contributed by atoms with van der Waals surface area (Å²) < 4.78 is 5.46. The van der Waals surface area contributed by atoms with Gasteiger partial charge in [0.05, 0.1) is 15.9 Å². The van der Waals surface area contributed by atoms with Crippen molar-refractivity contribution in [3.63, 3.8) is 0 Å². The van der Waals surface area contributed by atoms with Crippen LogP contribution in [0.15, 0.2) is 28.7 Å². The number of fused-ring (bicyclic) bond motifs is 1. The summed E-state index contributed by atoms with van der Waals surface area (Å²) >= 11 is 0. The molecule has 1 aromatic carbocycles. The zero-order valence-electron chi connectivity index (χ0n) is 12.4. The molecular formula is C14H17ClN4O4. The van der Waals surface area contributed by atoms with Crippen LogP contribution in [0.25, 0.3) is 11.0 Å². The Balaban J connectivity index is 0.00000264. The first-order valence-corrected chi connectivity index (χ1v) is 6.56. The fourth-order valence-corrected chi connectivity index (χ4v) is 2.17. The summed E-state index contributed by atoms with van der Waals surface area (Å²) in [7, 11) is 0. The van der Waals surface area contributed by atoms with Crippen molar-refractivity contribution in [3.05, 3.63) is 45.7 Å². The number of hydrogen-bond donors (Lipinski definition) is 3.